The summed E-state index contributed by atoms with van der Waals surface area (Å²) in [6.45, 7) is 4.39. The van der Waals surface area contributed by atoms with Crippen molar-refractivity contribution in [1.29, 1.82) is 0 Å². The Morgan fingerprint density at radius 1 is 0.600 bits per heavy atom. The SMILES string of the molecule is CCCCC/C=C/CCCCCCCC(=O)OC[C@H](COP(=O)(O)OCC[N+](C)(C)C)OC(=O)CCCCCCCCCCCCCCCC. The first-order valence-corrected chi connectivity index (χ1v) is 21.9. The van der Waals surface area contributed by atoms with Gasteiger partial charge in [-0.25, -0.2) is 4.57 Å². The number of hydrogen-bond acceptors (Lipinski definition) is 7. The minimum atomic E-state index is -4.36. The van der Waals surface area contributed by atoms with Crippen LogP contribution >= 0.6 is 7.82 Å². The molecule has 0 aromatic rings. The summed E-state index contributed by atoms with van der Waals surface area (Å²) in [7, 11) is 1.48. The lowest BCUT2D eigenvalue weighted by Crippen LogP contribution is -2.37. The molecule has 0 amide bonds. The predicted octanol–water partition coefficient (Wildman–Crippen LogP) is 11.0. The second kappa shape index (κ2) is 33.6. The van der Waals surface area contributed by atoms with Crippen molar-refractivity contribution in [1.82, 2.24) is 0 Å². The molecule has 1 unspecified atom stereocenters. The monoisotopic (exact) mass is 733 g/mol. The van der Waals surface area contributed by atoms with Crippen LogP contribution in [0.3, 0.4) is 0 Å². The van der Waals surface area contributed by atoms with Crippen LogP contribution in [-0.2, 0) is 32.7 Å². The molecule has 1 N–H and O–H groups in total. The molecule has 0 aliphatic rings. The van der Waals surface area contributed by atoms with E-state index in [0.717, 1.165) is 51.4 Å². The van der Waals surface area contributed by atoms with Gasteiger partial charge < -0.3 is 18.9 Å². The third-order valence-electron chi connectivity index (χ3n) is 8.80. The van der Waals surface area contributed by atoms with E-state index in [0.29, 0.717) is 17.4 Å². The molecule has 0 aromatic heterocycles. The Morgan fingerprint density at radius 3 is 1.52 bits per heavy atom. The van der Waals surface area contributed by atoms with Crippen molar-refractivity contribution in [3.63, 3.8) is 0 Å². The van der Waals surface area contributed by atoms with E-state index >= 15 is 0 Å². The first-order valence-electron chi connectivity index (χ1n) is 20.4. The number of quaternary nitrogens is 1. The number of ether oxygens (including phenoxy) is 2. The van der Waals surface area contributed by atoms with Gasteiger partial charge in [0, 0.05) is 12.8 Å². The standard InChI is InChI=1S/C40H78NO8P/c1-6-8-10-12-14-16-18-20-21-23-25-27-29-31-33-40(43)49-38(37-48-50(44,45)47-35-34-41(3,4)5)36-46-39(42)32-30-28-26-24-22-19-17-15-13-11-9-7-2/h15,17,38H,6-14,16,18-37H2,1-5H3/p+1/b17-15+/t38-/m1/s1. The smallest absolute Gasteiger partial charge is 0.462 e. The van der Waals surface area contributed by atoms with E-state index in [4.69, 9.17) is 18.5 Å². The highest BCUT2D eigenvalue weighted by atomic mass is 31.2. The maximum absolute atomic E-state index is 12.6. The maximum Gasteiger partial charge on any atom is 0.472 e. The zero-order valence-electron chi connectivity index (χ0n) is 33.1. The van der Waals surface area contributed by atoms with E-state index < -0.39 is 26.5 Å². The zero-order valence-corrected chi connectivity index (χ0v) is 34.0. The van der Waals surface area contributed by atoms with Crippen LogP contribution in [0.4, 0.5) is 0 Å². The van der Waals surface area contributed by atoms with Gasteiger partial charge >= 0.3 is 19.8 Å². The molecule has 0 fully saturated rings. The first kappa shape index (κ1) is 48.8. The van der Waals surface area contributed by atoms with E-state index in [1.807, 2.05) is 21.1 Å². The molecule has 0 aliphatic carbocycles. The van der Waals surface area contributed by atoms with Crippen molar-refractivity contribution >= 4 is 19.8 Å². The zero-order chi connectivity index (χ0) is 37.2. The summed E-state index contributed by atoms with van der Waals surface area (Å²) in [6.07, 6.45) is 32.5. The van der Waals surface area contributed by atoms with Gasteiger partial charge in [0.25, 0.3) is 0 Å². The van der Waals surface area contributed by atoms with E-state index in [9.17, 15) is 19.0 Å². The minimum absolute atomic E-state index is 0.0333. The number of unbranched alkanes of at least 4 members (excludes halogenated alkanes) is 21. The molecule has 50 heavy (non-hydrogen) atoms. The molecule has 0 aromatic carbocycles. The summed E-state index contributed by atoms with van der Waals surface area (Å²) < 4.78 is 34.2. The summed E-state index contributed by atoms with van der Waals surface area (Å²) in [5.74, 6) is -0.803. The van der Waals surface area contributed by atoms with Crippen LogP contribution < -0.4 is 0 Å². The van der Waals surface area contributed by atoms with Crippen LogP contribution in [0.15, 0.2) is 12.2 Å². The molecule has 0 heterocycles. The molecule has 9 nitrogen and oxygen atoms in total. The lowest BCUT2D eigenvalue weighted by Gasteiger charge is -2.24. The molecular formula is C40H79NO8P+. The number of esters is 2. The van der Waals surface area contributed by atoms with Crippen molar-refractivity contribution in [2.75, 3.05) is 47.5 Å². The summed E-state index contributed by atoms with van der Waals surface area (Å²) in [6, 6.07) is 0. The van der Waals surface area contributed by atoms with Gasteiger partial charge in [-0.15, -0.1) is 0 Å². The third-order valence-corrected chi connectivity index (χ3v) is 9.78. The van der Waals surface area contributed by atoms with E-state index in [-0.39, 0.29) is 32.0 Å². The summed E-state index contributed by atoms with van der Waals surface area (Å²) in [4.78, 5) is 35.2. The molecule has 10 heteroatoms. The fourth-order valence-corrected chi connectivity index (χ4v) is 6.28. The lowest BCUT2D eigenvalue weighted by molar-refractivity contribution is -0.870. The molecular weight excluding hydrogens is 653 g/mol. The summed E-state index contributed by atoms with van der Waals surface area (Å²) in [5, 5.41) is 0. The summed E-state index contributed by atoms with van der Waals surface area (Å²) >= 11 is 0. The number of likely N-dealkylation sites (N-methyl/N-ethyl adjacent to an activating group) is 1. The number of phosphoric ester groups is 1. The van der Waals surface area contributed by atoms with Gasteiger partial charge in [0.15, 0.2) is 6.10 Å². The molecule has 0 radical (unpaired) electrons. The number of nitrogens with zero attached hydrogens (tertiary/aromatic N) is 1. The third kappa shape index (κ3) is 36.5. The Balaban J connectivity index is 4.40. The second-order valence-corrected chi connectivity index (χ2v) is 16.5. The van der Waals surface area contributed by atoms with Gasteiger partial charge in [0.2, 0.25) is 0 Å². The van der Waals surface area contributed by atoms with Gasteiger partial charge in [0.05, 0.1) is 27.7 Å². The van der Waals surface area contributed by atoms with Crippen molar-refractivity contribution in [3.05, 3.63) is 12.2 Å². The number of allylic oxidation sites excluding steroid dienone is 2. The molecule has 2 atom stereocenters. The number of rotatable bonds is 37. The molecule has 0 saturated carbocycles. The van der Waals surface area contributed by atoms with E-state index in [2.05, 4.69) is 26.0 Å². The molecule has 0 spiro atoms. The maximum atomic E-state index is 12.6. The van der Waals surface area contributed by atoms with E-state index in [1.54, 1.807) is 0 Å². The van der Waals surface area contributed by atoms with Crippen LogP contribution in [0.1, 0.15) is 181 Å². The van der Waals surface area contributed by atoms with Gasteiger partial charge in [-0.05, 0) is 38.5 Å². The topological polar surface area (TPSA) is 108 Å². The number of phosphoric acid groups is 1. The van der Waals surface area contributed by atoms with Crippen molar-refractivity contribution in [2.24, 2.45) is 0 Å². The van der Waals surface area contributed by atoms with Crippen LogP contribution in [0, 0.1) is 0 Å². The van der Waals surface area contributed by atoms with Gasteiger partial charge in [-0.1, -0.05) is 142 Å². The predicted molar refractivity (Wildman–Crippen MR) is 206 cm³/mol. The number of carbonyl (C=O) groups is 2. The van der Waals surface area contributed by atoms with Gasteiger partial charge in [0.1, 0.15) is 19.8 Å². The van der Waals surface area contributed by atoms with E-state index in [1.165, 1.54) is 96.3 Å². The highest BCUT2D eigenvalue weighted by molar-refractivity contribution is 7.47. The molecule has 0 rings (SSSR count). The highest BCUT2D eigenvalue weighted by Gasteiger charge is 2.27. The number of carbonyl (C=O) groups excluding carboxylic acids is 2. The Hall–Kier alpha value is -1.25. The van der Waals surface area contributed by atoms with Crippen molar-refractivity contribution < 1.29 is 42.1 Å². The van der Waals surface area contributed by atoms with Crippen LogP contribution in [0.25, 0.3) is 0 Å². The normalized spacial score (nSPS) is 13.8. The van der Waals surface area contributed by atoms with Crippen LogP contribution in [0.5, 0.6) is 0 Å². The van der Waals surface area contributed by atoms with Gasteiger partial charge in [-0.3, -0.25) is 18.6 Å². The highest BCUT2D eigenvalue weighted by Crippen LogP contribution is 2.43. The molecule has 0 aliphatic heterocycles. The van der Waals surface area contributed by atoms with Crippen LogP contribution in [0.2, 0.25) is 0 Å². The summed E-state index contributed by atoms with van der Waals surface area (Å²) in [5.41, 5.74) is 0. The quantitative estimate of drug-likeness (QED) is 0.0221. The number of hydrogen-bond donors (Lipinski definition) is 1. The molecule has 0 bridgehead atoms. The fourth-order valence-electron chi connectivity index (χ4n) is 5.54. The fraction of sp³-hybridized carbons (Fsp3) is 0.900. The Labute approximate surface area is 307 Å². The Kier molecular flexibility index (Phi) is 32.7. The molecule has 0 saturated heterocycles. The van der Waals surface area contributed by atoms with Crippen molar-refractivity contribution in [3.8, 4) is 0 Å². The molecule has 296 valence electrons. The van der Waals surface area contributed by atoms with Crippen molar-refractivity contribution in [2.45, 2.75) is 187 Å². The Bertz CT molecular complexity index is 876. The largest absolute Gasteiger partial charge is 0.472 e. The van der Waals surface area contributed by atoms with Gasteiger partial charge in [-0.2, -0.15) is 0 Å². The Morgan fingerprint density at radius 2 is 1.02 bits per heavy atom. The minimum Gasteiger partial charge on any atom is -0.462 e. The second-order valence-electron chi connectivity index (χ2n) is 15.0. The average Bonchev–Trinajstić information content (AvgIpc) is 3.06. The first-order chi connectivity index (χ1) is 24.0. The van der Waals surface area contributed by atoms with Crippen LogP contribution in [-0.4, -0.2) is 74.9 Å². The lowest BCUT2D eigenvalue weighted by atomic mass is 10.0. The average molecular weight is 733 g/mol.